The number of carbonyl (C=O) groups excluding carboxylic acids is 2. The number of aliphatic carboxylic acids is 1. The summed E-state index contributed by atoms with van der Waals surface area (Å²) in [7, 11) is 0. The van der Waals surface area contributed by atoms with Gasteiger partial charge in [0.15, 0.2) is 0 Å². The summed E-state index contributed by atoms with van der Waals surface area (Å²) in [5, 5.41) is 9.39. The lowest BCUT2D eigenvalue weighted by Gasteiger charge is -2.37. The van der Waals surface area contributed by atoms with E-state index in [9.17, 15) is 19.5 Å². The number of hydrogen-bond acceptors (Lipinski definition) is 5. The minimum absolute atomic E-state index is 0.0312. The summed E-state index contributed by atoms with van der Waals surface area (Å²) in [6.45, 7) is 10.6. The first-order valence-corrected chi connectivity index (χ1v) is 7.75. The zero-order valence-electron chi connectivity index (χ0n) is 14.7. The highest BCUT2D eigenvalue weighted by Crippen LogP contribution is 2.27. The molecule has 0 aromatic carbocycles. The predicted molar refractivity (Wildman–Crippen MR) is 82.9 cm³/mol. The fraction of sp³-hybridized carbons (Fsp3) is 0.812. The van der Waals surface area contributed by atoms with Crippen LogP contribution in [0.1, 0.15) is 54.4 Å². The van der Waals surface area contributed by atoms with Gasteiger partial charge in [-0.3, -0.25) is 9.69 Å². The molecule has 1 N–H and O–H groups in total. The van der Waals surface area contributed by atoms with Gasteiger partial charge >= 0.3 is 18.0 Å². The smallest absolute Gasteiger partial charge is 0.411 e. The second-order valence-corrected chi connectivity index (χ2v) is 7.78. The van der Waals surface area contributed by atoms with Crippen molar-refractivity contribution in [3.8, 4) is 0 Å². The summed E-state index contributed by atoms with van der Waals surface area (Å²) < 4.78 is 10.6. The van der Waals surface area contributed by atoms with Crippen molar-refractivity contribution in [1.82, 2.24) is 4.90 Å². The highest BCUT2D eigenvalue weighted by atomic mass is 16.6. The summed E-state index contributed by atoms with van der Waals surface area (Å²) in [5.41, 5.74) is -1.33. The van der Waals surface area contributed by atoms with Crippen LogP contribution in [0.3, 0.4) is 0 Å². The topological polar surface area (TPSA) is 93.1 Å². The second-order valence-electron chi connectivity index (χ2n) is 7.78. The maximum Gasteiger partial charge on any atom is 0.411 e. The van der Waals surface area contributed by atoms with Crippen molar-refractivity contribution < 1.29 is 29.0 Å². The van der Waals surface area contributed by atoms with E-state index in [4.69, 9.17) is 9.47 Å². The number of carboxylic acids is 1. The van der Waals surface area contributed by atoms with Gasteiger partial charge < -0.3 is 14.6 Å². The molecule has 1 saturated heterocycles. The molecule has 1 aliphatic heterocycles. The van der Waals surface area contributed by atoms with Gasteiger partial charge in [0.1, 0.15) is 17.2 Å². The van der Waals surface area contributed by atoms with Gasteiger partial charge in [-0.2, -0.15) is 0 Å². The molecule has 0 spiro atoms. The Morgan fingerprint density at radius 1 is 1.00 bits per heavy atom. The van der Waals surface area contributed by atoms with Gasteiger partial charge in [0.05, 0.1) is 5.92 Å². The minimum Gasteiger partial charge on any atom is -0.480 e. The quantitative estimate of drug-likeness (QED) is 0.782. The molecule has 1 rings (SSSR count). The number of carbonyl (C=O) groups is 3. The Balaban J connectivity index is 2.80. The number of piperidine rings is 1. The molecule has 1 heterocycles. The van der Waals surface area contributed by atoms with Gasteiger partial charge in [0.2, 0.25) is 0 Å². The van der Waals surface area contributed by atoms with Crippen LogP contribution >= 0.6 is 0 Å². The number of esters is 1. The molecule has 0 radical (unpaired) electrons. The van der Waals surface area contributed by atoms with E-state index in [1.165, 1.54) is 4.90 Å². The Morgan fingerprint density at radius 2 is 1.52 bits per heavy atom. The fourth-order valence-electron chi connectivity index (χ4n) is 2.34. The number of amides is 1. The predicted octanol–water partition coefficient (Wildman–Crippen LogP) is 2.43. The van der Waals surface area contributed by atoms with E-state index >= 15 is 0 Å². The van der Waals surface area contributed by atoms with Gasteiger partial charge in [0.25, 0.3) is 0 Å². The minimum atomic E-state index is -1.15. The lowest BCUT2D eigenvalue weighted by Crippen LogP contribution is -2.52. The first-order chi connectivity index (χ1) is 10.3. The van der Waals surface area contributed by atoms with Gasteiger partial charge in [0, 0.05) is 6.54 Å². The van der Waals surface area contributed by atoms with E-state index in [0.717, 1.165) is 0 Å². The van der Waals surface area contributed by atoms with E-state index in [2.05, 4.69) is 0 Å². The Hall–Kier alpha value is -1.79. The van der Waals surface area contributed by atoms with E-state index in [1.54, 1.807) is 41.5 Å². The Labute approximate surface area is 136 Å². The molecule has 132 valence electrons. The van der Waals surface area contributed by atoms with Crippen LogP contribution < -0.4 is 0 Å². The number of rotatable bonds is 2. The Bertz CT molecular complexity index is 474. The highest BCUT2D eigenvalue weighted by molar-refractivity contribution is 5.82. The van der Waals surface area contributed by atoms with Gasteiger partial charge in [-0.15, -0.1) is 0 Å². The van der Waals surface area contributed by atoms with E-state index in [-0.39, 0.29) is 13.0 Å². The molecule has 0 bridgehead atoms. The molecule has 0 aromatic rings. The van der Waals surface area contributed by atoms with Crippen molar-refractivity contribution in [1.29, 1.82) is 0 Å². The zero-order valence-corrected chi connectivity index (χ0v) is 14.7. The first-order valence-electron chi connectivity index (χ1n) is 7.75. The van der Waals surface area contributed by atoms with Crippen molar-refractivity contribution in [2.45, 2.75) is 71.6 Å². The molecule has 7 nitrogen and oxygen atoms in total. The van der Waals surface area contributed by atoms with E-state index < -0.39 is 41.2 Å². The molecule has 0 aliphatic carbocycles. The molecule has 7 heteroatoms. The molecule has 2 unspecified atom stereocenters. The van der Waals surface area contributed by atoms with Gasteiger partial charge in [-0.05, 0) is 54.4 Å². The van der Waals surface area contributed by atoms with Crippen molar-refractivity contribution in [2.75, 3.05) is 6.54 Å². The Morgan fingerprint density at radius 3 is 1.96 bits per heavy atom. The Kier molecular flexibility index (Phi) is 5.66. The summed E-state index contributed by atoms with van der Waals surface area (Å²) in [6.07, 6.45) is -0.283. The van der Waals surface area contributed by atoms with Crippen LogP contribution in [-0.2, 0) is 19.1 Å². The number of carboxylic acid groups (broad SMARTS) is 1. The molecule has 1 fully saturated rings. The number of likely N-dealkylation sites (tertiary alicyclic amines) is 1. The van der Waals surface area contributed by atoms with Crippen molar-refractivity contribution in [3.05, 3.63) is 0 Å². The molecule has 1 amide bonds. The maximum absolute atomic E-state index is 12.2. The summed E-state index contributed by atoms with van der Waals surface area (Å²) >= 11 is 0. The average molecular weight is 329 g/mol. The number of ether oxygens (including phenoxy) is 2. The standard InChI is InChI=1S/C16H27NO6/c1-15(2,3)22-13(20)10-7-8-17(11(9-10)12(18)19)14(21)23-16(4,5)6/h10-11H,7-9H2,1-6H3,(H,18,19). The lowest BCUT2D eigenvalue weighted by molar-refractivity contribution is -0.163. The van der Waals surface area contributed by atoms with E-state index in [0.29, 0.717) is 6.42 Å². The van der Waals surface area contributed by atoms with Crippen LogP contribution in [0.25, 0.3) is 0 Å². The molecule has 1 aliphatic rings. The van der Waals surface area contributed by atoms with Crippen LogP contribution in [-0.4, -0.2) is 51.8 Å². The van der Waals surface area contributed by atoms with Gasteiger partial charge in [-0.25, -0.2) is 9.59 Å². The van der Waals surface area contributed by atoms with Crippen LogP contribution in [0.15, 0.2) is 0 Å². The summed E-state index contributed by atoms with van der Waals surface area (Å²) in [5.74, 6) is -2.11. The third-order valence-electron chi connectivity index (χ3n) is 3.26. The third kappa shape index (κ3) is 6.08. The zero-order chi connectivity index (χ0) is 18.0. The summed E-state index contributed by atoms with van der Waals surface area (Å²) in [6, 6.07) is -1.09. The molecule has 2 atom stereocenters. The average Bonchev–Trinajstić information content (AvgIpc) is 2.33. The largest absolute Gasteiger partial charge is 0.480 e. The number of nitrogens with zero attached hydrogens (tertiary/aromatic N) is 1. The second kappa shape index (κ2) is 6.76. The normalized spacial score (nSPS) is 22.4. The molecular weight excluding hydrogens is 302 g/mol. The van der Waals surface area contributed by atoms with Crippen LogP contribution in [0.5, 0.6) is 0 Å². The molecule has 0 saturated carbocycles. The van der Waals surface area contributed by atoms with Crippen LogP contribution in [0.4, 0.5) is 4.79 Å². The summed E-state index contributed by atoms with van der Waals surface area (Å²) in [4.78, 5) is 37.0. The number of hydrogen-bond donors (Lipinski definition) is 1. The van der Waals surface area contributed by atoms with Crippen molar-refractivity contribution in [3.63, 3.8) is 0 Å². The SMILES string of the molecule is CC(C)(C)OC(=O)C1CCN(C(=O)OC(C)(C)C)C(C(=O)O)C1. The first kappa shape index (κ1) is 19.3. The van der Waals surface area contributed by atoms with E-state index in [1.807, 2.05) is 0 Å². The third-order valence-corrected chi connectivity index (χ3v) is 3.26. The van der Waals surface area contributed by atoms with Gasteiger partial charge in [-0.1, -0.05) is 0 Å². The highest BCUT2D eigenvalue weighted by Gasteiger charge is 2.41. The maximum atomic E-state index is 12.2. The molecule has 23 heavy (non-hydrogen) atoms. The fourth-order valence-corrected chi connectivity index (χ4v) is 2.34. The van der Waals surface area contributed by atoms with Crippen molar-refractivity contribution in [2.24, 2.45) is 5.92 Å². The van der Waals surface area contributed by atoms with Crippen LogP contribution in [0.2, 0.25) is 0 Å². The molecular formula is C16H27NO6. The molecule has 0 aromatic heterocycles. The van der Waals surface area contributed by atoms with Crippen molar-refractivity contribution >= 4 is 18.0 Å². The van der Waals surface area contributed by atoms with Crippen LogP contribution in [0, 0.1) is 5.92 Å². The monoisotopic (exact) mass is 329 g/mol. The lowest BCUT2D eigenvalue weighted by atomic mass is 9.91.